The highest BCUT2D eigenvalue weighted by atomic mass is 14.6. The van der Waals surface area contributed by atoms with Gasteiger partial charge in [-0.25, -0.2) is 0 Å². The van der Waals surface area contributed by atoms with Crippen molar-refractivity contribution < 1.29 is 0 Å². The SMILES string of the molecule is CCCCCCCCc1ccc(-c2ccncc2)cc1. The van der Waals surface area contributed by atoms with Gasteiger partial charge in [-0.2, -0.15) is 0 Å². The Hall–Kier alpha value is -1.63. The van der Waals surface area contributed by atoms with Crippen LogP contribution in [0.4, 0.5) is 0 Å². The molecule has 0 radical (unpaired) electrons. The van der Waals surface area contributed by atoms with Crippen LogP contribution in [0.1, 0.15) is 51.0 Å². The first kappa shape index (κ1) is 14.8. The molecule has 0 atom stereocenters. The first-order chi connectivity index (χ1) is 9.90. The van der Waals surface area contributed by atoms with Crippen LogP contribution >= 0.6 is 0 Å². The second-order valence-corrected chi connectivity index (χ2v) is 5.45. The Balaban J connectivity index is 1.77. The Labute approximate surface area is 123 Å². The number of hydrogen-bond acceptors (Lipinski definition) is 1. The van der Waals surface area contributed by atoms with E-state index in [0.717, 1.165) is 0 Å². The lowest BCUT2D eigenvalue weighted by Gasteiger charge is -2.05. The molecule has 0 amide bonds. The maximum atomic E-state index is 4.06. The van der Waals surface area contributed by atoms with Crippen LogP contribution < -0.4 is 0 Å². The van der Waals surface area contributed by atoms with Crippen molar-refractivity contribution in [3.05, 3.63) is 54.4 Å². The van der Waals surface area contributed by atoms with E-state index in [1.54, 1.807) is 0 Å². The lowest BCUT2D eigenvalue weighted by molar-refractivity contribution is 0.607. The van der Waals surface area contributed by atoms with E-state index in [9.17, 15) is 0 Å². The normalized spacial score (nSPS) is 10.7. The molecule has 0 aliphatic carbocycles. The zero-order chi connectivity index (χ0) is 14.0. The van der Waals surface area contributed by atoms with E-state index in [4.69, 9.17) is 0 Å². The smallest absolute Gasteiger partial charge is 0.0273 e. The quantitative estimate of drug-likeness (QED) is 0.563. The van der Waals surface area contributed by atoms with Crippen molar-refractivity contribution in [2.75, 3.05) is 0 Å². The van der Waals surface area contributed by atoms with Gasteiger partial charge < -0.3 is 0 Å². The van der Waals surface area contributed by atoms with E-state index in [-0.39, 0.29) is 0 Å². The van der Waals surface area contributed by atoms with Gasteiger partial charge in [0.15, 0.2) is 0 Å². The highest BCUT2D eigenvalue weighted by Crippen LogP contribution is 2.19. The summed E-state index contributed by atoms with van der Waals surface area (Å²) in [5, 5.41) is 0. The number of nitrogens with zero attached hydrogens (tertiary/aromatic N) is 1. The van der Waals surface area contributed by atoms with Gasteiger partial charge in [0.2, 0.25) is 0 Å². The third-order valence-electron chi connectivity index (χ3n) is 3.79. The standard InChI is InChI=1S/C19H25N/c1-2-3-4-5-6-7-8-17-9-11-18(12-10-17)19-13-15-20-16-14-19/h9-16H,2-8H2,1H3. The molecule has 1 aromatic heterocycles. The lowest BCUT2D eigenvalue weighted by atomic mass is 10.0. The summed E-state index contributed by atoms with van der Waals surface area (Å²) < 4.78 is 0. The number of aryl methyl sites for hydroxylation is 1. The maximum absolute atomic E-state index is 4.06. The average molecular weight is 267 g/mol. The minimum Gasteiger partial charge on any atom is -0.265 e. The van der Waals surface area contributed by atoms with E-state index in [2.05, 4.69) is 48.3 Å². The van der Waals surface area contributed by atoms with Gasteiger partial charge in [0, 0.05) is 12.4 Å². The summed E-state index contributed by atoms with van der Waals surface area (Å²) >= 11 is 0. The van der Waals surface area contributed by atoms with Crippen molar-refractivity contribution in [1.82, 2.24) is 4.98 Å². The maximum Gasteiger partial charge on any atom is 0.0273 e. The molecule has 1 heterocycles. The summed E-state index contributed by atoms with van der Waals surface area (Å²) in [6.07, 6.45) is 13.1. The molecule has 0 spiro atoms. The van der Waals surface area contributed by atoms with Gasteiger partial charge in [-0.3, -0.25) is 4.98 Å². The number of aromatic nitrogens is 1. The topological polar surface area (TPSA) is 12.9 Å². The fourth-order valence-electron chi connectivity index (χ4n) is 2.52. The molecule has 0 unspecified atom stereocenters. The fourth-order valence-corrected chi connectivity index (χ4v) is 2.52. The predicted molar refractivity (Wildman–Crippen MR) is 86.8 cm³/mol. The molecular formula is C19H25N. The predicted octanol–water partition coefficient (Wildman–Crippen LogP) is 5.65. The molecule has 0 saturated heterocycles. The summed E-state index contributed by atoms with van der Waals surface area (Å²) in [7, 11) is 0. The van der Waals surface area contributed by atoms with Crippen molar-refractivity contribution in [3.8, 4) is 11.1 Å². The third kappa shape index (κ3) is 4.80. The molecular weight excluding hydrogens is 242 g/mol. The van der Waals surface area contributed by atoms with Crippen molar-refractivity contribution in [2.24, 2.45) is 0 Å². The van der Waals surface area contributed by atoms with E-state index >= 15 is 0 Å². The summed E-state index contributed by atoms with van der Waals surface area (Å²) in [4.78, 5) is 4.06. The van der Waals surface area contributed by atoms with Gasteiger partial charge in [-0.05, 0) is 41.7 Å². The molecule has 106 valence electrons. The number of rotatable bonds is 8. The Morgan fingerprint density at radius 1 is 0.700 bits per heavy atom. The van der Waals surface area contributed by atoms with Crippen LogP contribution in [-0.2, 0) is 6.42 Å². The van der Waals surface area contributed by atoms with Gasteiger partial charge in [0.1, 0.15) is 0 Å². The molecule has 0 N–H and O–H groups in total. The first-order valence-electron chi connectivity index (χ1n) is 7.89. The largest absolute Gasteiger partial charge is 0.265 e. The van der Waals surface area contributed by atoms with Gasteiger partial charge in [-0.15, -0.1) is 0 Å². The van der Waals surface area contributed by atoms with E-state index in [1.165, 1.54) is 61.6 Å². The number of benzene rings is 1. The Bertz CT molecular complexity index is 473. The summed E-state index contributed by atoms with van der Waals surface area (Å²) in [6, 6.07) is 13.1. The van der Waals surface area contributed by atoms with Crippen LogP contribution in [-0.4, -0.2) is 4.98 Å². The second-order valence-electron chi connectivity index (χ2n) is 5.45. The summed E-state index contributed by atoms with van der Waals surface area (Å²) in [6.45, 7) is 2.27. The van der Waals surface area contributed by atoms with Gasteiger partial charge in [-0.1, -0.05) is 63.3 Å². The van der Waals surface area contributed by atoms with Gasteiger partial charge in [0.25, 0.3) is 0 Å². The average Bonchev–Trinajstić information content (AvgIpc) is 2.52. The fraction of sp³-hybridized carbons (Fsp3) is 0.421. The molecule has 1 nitrogen and oxygen atoms in total. The van der Waals surface area contributed by atoms with Crippen LogP contribution in [0.25, 0.3) is 11.1 Å². The van der Waals surface area contributed by atoms with Crippen LogP contribution in [0.2, 0.25) is 0 Å². The van der Waals surface area contributed by atoms with Crippen molar-refractivity contribution >= 4 is 0 Å². The third-order valence-corrected chi connectivity index (χ3v) is 3.79. The highest BCUT2D eigenvalue weighted by Gasteiger charge is 1.98. The van der Waals surface area contributed by atoms with E-state index in [0.29, 0.717) is 0 Å². The molecule has 1 aromatic carbocycles. The lowest BCUT2D eigenvalue weighted by Crippen LogP contribution is -1.87. The molecule has 0 saturated carbocycles. The molecule has 2 rings (SSSR count). The molecule has 0 fully saturated rings. The molecule has 2 aromatic rings. The second kappa shape index (κ2) is 8.52. The van der Waals surface area contributed by atoms with Crippen LogP contribution in [0.15, 0.2) is 48.8 Å². The van der Waals surface area contributed by atoms with Gasteiger partial charge >= 0.3 is 0 Å². The van der Waals surface area contributed by atoms with Crippen LogP contribution in [0, 0.1) is 0 Å². The summed E-state index contributed by atoms with van der Waals surface area (Å²) in [5.74, 6) is 0. The number of pyridine rings is 1. The molecule has 0 aliphatic rings. The molecule has 0 aliphatic heterocycles. The number of unbranched alkanes of at least 4 members (excludes halogenated alkanes) is 5. The zero-order valence-corrected chi connectivity index (χ0v) is 12.5. The monoisotopic (exact) mass is 267 g/mol. The van der Waals surface area contributed by atoms with E-state index < -0.39 is 0 Å². The van der Waals surface area contributed by atoms with Crippen LogP contribution in [0.5, 0.6) is 0 Å². The zero-order valence-electron chi connectivity index (χ0n) is 12.5. The van der Waals surface area contributed by atoms with Crippen molar-refractivity contribution in [2.45, 2.75) is 51.9 Å². The Kier molecular flexibility index (Phi) is 6.30. The molecule has 20 heavy (non-hydrogen) atoms. The minimum atomic E-state index is 1.21. The first-order valence-corrected chi connectivity index (χ1v) is 7.89. The van der Waals surface area contributed by atoms with Crippen LogP contribution in [0.3, 0.4) is 0 Å². The molecule has 1 heteroatoms. The number of hydrogen-bond donors (Lipinski definition) is 0. The Morgan fingerprint density at radius 2 is 1.30 bits per heavy atom. The van der Waals surface area contributed by atoms with Crippen molar-refractivity contribution in [3.63, 3.8) is 0 Å². The Morgan fingerprint density at radius 3 is 2.00 bits per heavy atom. The molecule has 0 bridgehead atoms. The summed E-state index contributed by atoms with van der Waals surface area (Å²) in [5.41, 5.74) is 3.98. The van der Waals surface area contributed by atoms with Gasteiger partial charge in [0.05, 0.1) is 0 Å². The highest BCUT2D eigenvalue weighted by molar-refractivity contribution is 5.62. The van der Waals surface area contributed by atoms with Crippen molar-refractivity contribution in [1.29, 1.82) is 0 Å². The minimum absolute atomic E-state index is 1.21. The van der Waals surface area contributed by atoms with E-state index in [1.807, 2.05) is 12.4 Å².